The van der Waals surface area contributed by atoms with Gasteiger partial charge in [-0.15, -0.1) is 0 Å². The van der Waals surface area contributed by atoms with Gasteiger partial charge in [-0.25, -0.2) is 0 Å². The molecule has 0 spiro atoms. The molecule has 0 aromatic rings. The topological polar surface area (TPSA) is 0 Å². The molecule has 0 aromatic carbocycles. The van der Waals surface area contributed by atoms with Gasteiger partial charge in [0.15, 0.2) is 0 Å². The van der Waals surface area contributed by atoms with Crippen LogP contribution < -0.4 is 0 Å². The average Bonchev–Trinajstić information content (AvgIpc) is 2.66. The van der Waals surface area contributed by atoms with Crippen LogP contribution in [-0.2, 0) is 17.9 Å². The Hall–Kier alpha value is -0.326. The minimum Gasteiger partial charge on any atom is -1.00 e. The molecule has 22 heavy (non-hydrogen) atoms. The number of rotatable bonds is 2. The van der Waals surface area contributed by atoms with Gasteiger partial charge in [0.25, 0.3) is 0 Å². The third-order valence-electron chi connectivity index (χ3n) is 6.88. The summed E-state index contributed by atoms with van der Waals surface area (Å²) in [5.41, 5.74) is 9.96. The van der Waals surface area contributed by atoms with Crippen LogP contribution in [0.5, 0.6) is 0 Å². The van der Waals surface area contributed by atoms with E-state index in [4.69, 9.17) is 0 Å². The average molecular weight is 334 g/mol. The second-order valence-corrected chi connectivity index (χ2v) is 11.9. The molecule has 0 saturated carbocycles. The maximum absolute atomic E-state index is 2.60. The second-order valence-electron chi connectivity index (χ2n) is 8.38. The van der Waals surface area contributed by atoms with Crippen molar-refractivity contribution in [1.29, 1.82) is 0 Å². The first-order chi connectivity index (χ1) is 9.86. The van der Waals surface area contributed by atoms with Crippen LogP contribution in [-0.4, -0.2) is 0 Å². The Morgan fingerprint density at radius 1 is 0.591 bits per heavy atom. The van der Waals surface area contributed by atoms with Crippen LogP contribution in [0, 0.1) is 10.8 Å². The number of hydrogen-bond donors (Lipinski definition) is 0. The number of allylic oxidation sites excluding steroid dienone is 8. The summed E-state index contributed by atoms with van der Waals surface area (Å²) >= 11 is -1.48. The van der Waals surface area contributed by atoms with Gasteiger partial charge in [-0.2, -0.15) is 0 Å². The fourth-order valence-electron chi connectivity index (χ4n) is 4.81. The van der Waals surface area contributed by atoms with E-state index < -0.39 is 17.9 Å². The molecule has 0 amide bonds. The van der Waals surface area contributed by atoms with Gasteiger partial charge >= 0.3 is 144 Å². The Bertz CT molecular complexity index is 608. The van der Waals surface area contributed by atoms with Gasteiger partial charge in [-0.3, -0.25) is 0 Å². The minimum atomic E-state index is -1.48. The molecule has 0 radical (unpaired) electrons. The molecule has 122 valence electrons. The first-order valence-corrected chi connectivity index (χ1v) is 11.6. The van der Waals surface area contributed by atoms with E-state index in [1.165, 1.54) is 0 Å². The standard InChI is InChI=1S/2C10H15.CH3.Ti.H/c2*1-7-6-10(4,5)9(3)8(7)2;;;/h2*1-5H3;1H3;;/q;;;+1;-1. The first kappa shape index (κ1) is 18.0. The molecule has 2 aliphatic rings. The van der Waals surface area contributed by atoms with Crippen molar-refractivity contribution in [2.24, 2.45) is 10.8 Å². The Morgan fingerprint density at radius 2 is 0.864 bits per heavy atom. The monoisotopic (exact) mass is 334 g/mol. The van der Waals surface area contributed by atoms with Crippen LogP contribution in [0.1, 0.15) is 70.7 Å². The van der Waals surface area contributed by atoms with Crippen molar-refractivity contribution in [3.05, 3.63) is 41.2 Å². The van der Waals surface area contributed by atoms with E-state index in [0.717, 1.165) is 0 Å². The molecule has 0 heterocycles. The molecule has 0 saturated heterocycles. The van der Waals surface area contributed by atoms with Crippen molar-refractivity contribution in [2.45, 2.75) is 74.5 Å². The van der Waals surface area contributed by atoms with Crippen molar-refractivity contribution >= 4 is 0 Å². The van der Waals surface area contributed by atoms with Gasteiger partial charge in [-0.05, 0) is 0 Å². The van der Waals surface area contributed by atoms with E-state index in [1.54, 1.807) is 41.2 Å². The summed E-state index contributed by atoms with van der Waals surface area (Å²) in [6.07, 6.45) is 0. The molecular formula is C21H34Ti. The Morgan fingerprint density at radius 3 is 1.05 bits per heavy atom. The maximum atomic E-state index is 2.60. The minimum absolute atomic E-state index is 0. The van der Waals surface area contributed by atoms with Gasteiger partial charge in [-0.1, -0.05) is 0 Å². The van der Waals surface area contributed by atoms with Gasteiger partial charge < -0.3 is 1.43 Å². The van der Waals surface area contributed by atoms with Crippen molar-refractivity contribution in [3.63, 3.8) is 0 Å². The van der Waals surface area contributed by atoms with Gasteiger partial charge in [0.2, 0.25) is 0 Å². The maximum Gasteiger partial charge on any atom is -1.00 e. The van der Waals surface area contributed by atoms with Crippen LogP contribution >= 0.6 is 0 Å². The molecule has 0 bridgehead atoms. The van der Waals surface area contributed by atoms with Gasteiger partial charge in [0.1, 0.15) is 0 Å². The zero-order valence-electron chi connectivity index (χ0n) is 17.5. The molecule has 0 nitrogen and oxygen atoms in total. The van der Waals surface area contributed by atoms with Crippen molar-refractivity contribution in [3.8, 4) is 0 Å². The normalized spacial score (nSPS) is 24.1. The van der Waals surface area contributed by atoms with Crippen molar-refractivity contribution < 1.29 is 19.3 Å². The SMILES string of the molecule is CC1=C(C)C(C)(C)[C]([Ti+]([CH3])[C]2=C(C)C(C)=C(C)C2(C)C)=C1C.[H-]. The summed E-state index contributed by atoms with van der Waals surface area (Å²) < 4.78 is 3.60. The van der Waals surface area contributed by atoms with Crippen LogP contribution in [0.4, 0.5) is 0 Å². The quantitative estimate of drug-likeness (QED) is 0.474. The molecule has 0 aromatic heterocycles. The third kappa shape index (κ3) is 2.21. The third-order valence-corrected chi connectivity index (χ3v) is 12.3. The summed E-state index contributed by atoms with van der Waals surface area (Å²) in [5.74, 6) is 0. The second kappa shape index (κ2) is 5.35. The Balaban J connectivity index is 0.00000264. The van der Waals surface area contributed by atoms with Crippen LogP contribution in [0.15, 0.2) is 41.2 Å². The van der Waals surface area contributed by atoms with Crippen LogP contribution in [0.25, 0.3) is 0 Å². The fourth-order valence-corrected chi connectivity index (χ4v) is 11.1. The van der Waals surface area contributed by atoms with E-state index >= 15 is 0 Å². The summed E-state index contributed by atoms with van der Waals surface area (Å²) in [6.45, 7) is 23.8. The summed E-state index contributed by atoms with van der Waals surface area (Å²) in [7, 11) is 0. The molecular weight excluding hydrogens is 300 g/mol. The molecule has 2 aliphatic carbocycles. The molecule has 0 fully saturated rings. The fraction of sp³-hybridized carbons (Fsp3) is 0.619. The number of hydrogen-bond acceptors (Lipinski definition) is 0. The molecule has 0 atom stereocenters. The Labute approximate surface area is 145 Å². The van der Waals surface area contributed by atoms with Crippen LogP contribution in [0.3, 0.4) is 0 Å². The van der Waals surface area contributed by atoms with E-state index in [1.807, 2.05) is 0 Å². The Kier molecular flexibility index (Phi) is 4.38. The van der Waals surface area contributed by atoms with E-state index in [9.17, 15) is 0 Å². The molecule has 2 rings (SSSR count). The van der Waals surface area contributed by atoms with E-state index in [0.29, 0.717) is 0 Å². The summed E-state index contributed by atoms with van der Waals surface area (Å²) in [6, 6.07) is 0. The zero-order valence-corrected chi connectivity index (χ0v) is 18.1. The predicted octanol–water partition coefficient (Wildman–Crippen LogP) is 7.07. The largest absolute Gasteiger partial charge is 1.00 e. The van der Waals surface area contributed by atoms with E-state index in [2.05, 4.69) is 74.5 Å². The molecule has 0 N–H and O–H groups in total. The van der Waals surface area contributed by atoms with Crippen molar-refractivity contribution in [2.75, 3.05) is 0 Å². The predicted molar refractivity (Wildman–Crippen MR) is 96.7 cm³/mol. The van der Waals surface area contributed by atoms with Crippen molar-refractivity contribution in [1.82, 2.24) is 0 Å². The zero-order chi connectivity index (χ0) is 17.2. The van der Waals surface area contributed by atoms with Gasteiger partial charge in [0, 0.05) is 0 Å². The molecule has 0 unspecified atom stereocenters. The van der Waals surface area contributed by atoms with Crippen LogP contribution in [0.2, 0.25) is 5.23 Å². The summed E-state index contributed by atoms with van der Waals surface area (Å²) in [5, 5.41) is 2.60. The first-order valence-electron chi connectivity index (χ1n) is 8.50. The smallest absolute Gasteiger partial charge is 1.00 e. The van der Waals surface area contributed by atoms with E-state index in [-0.39, 0.29) is 12.3 Å². The van der Waals surface area contributed by atoms with Gasteiger partial charge in [0.05, 0.1) is 0 Å². The molecule has 0 aliphatic heterocycles. The molecule has 1 heteroatoms. The summed E-state index contributed by atoms with van der Waals surface area (Å²) in [4.78, 5) is 0.